The largest absolute Gasteiger partial charge is 0.480 e. The fourth-order valence-electron chi connectivity index (χ4n) is 1.65. The number of aryl methyl sites for hydroxylation is 1. The average Bonchev–Trinajstić information content (AvgIpc) is 2.69. The number of hydrogen-bond acceptors (Lipinski definition) is 3. The summed E-state index contributed by atoms with van der Waals surface area (Å²) >= 11 is 0. The van der Waals surface area contributed by atoms with E-state index in [1.807, 2.05) is 24.3 Å². The van der Waals surface area contributed by atoms with Gasteiger partial charge in [0.25, 0.3) is 0 Å². The second kappa shape index (κ2) is 4.18. The Labute approximate surface area is 98.8 Å². The summed E-state index contributed by atoms with van der Waals surface area (Å²) in [6.45, 7) is 2.01. The van der Waals surface area contributed by atoms with Crippen LogP contribution in [-0.2, 0) is 11.3 Å². The number of nitrogens with zero attached hydrogens (tertiary/aromatic N) is 2. The minimum absolute atomic E-state index is 0.341. The van der Waals surface area contributed by atoms with Crippen molar-refractivity contribution in [1.82, 2.24) is 9.78 Å². The molecule has 2 rings (SSSR count). The summed E-state index contributed by atoms with van der Waals surface area (Å²) in [5.74, 6) is -0.992. The van der Waals surface area contributed by atoms with E-state index in [1.54, 1.807) is 10.9 Å². The maximum absolute atomic E-state index is 10.9. The van der Waals surface area contributed by atoms with Gasteiger partial charge in [-0.05, 0) is 19.4 Å². The summed E-state index contributed by atoms with van der Waals surface area (Å²) in [5.41, 5.74) is 5.46. The van der Waals surface area contributed by atoms with Gasteiger partial charge in [-0.2, -0.15) is 5.10 Å². The molecule has 0 radical (unpaired) electrons. The topological polar surface area (TPSA) is 81.1 Å². The van der Waals surface area contributed by atoms with Crippen LogP contribution in [0.4, 0.5) is 0 Å². The molecule has 90 valence electrons. The van der Waals surface area contributed by atoms with E-state index in [1.165, 1.54) is 6.92 Å². The summed E-state index contributed by atoms with van der Waals surface area (Å²) < 4.78 is 1.78. The lowest BCUT2D eigenvalue weighted by Gasteiger charge is -2.18. The monoisotopic (exact) mass is 233 g/mol. The van der Waals surface area contributed by atoms with Crippen molar-refractivity contribution in [1.29, 1.82) is 0 Å². The van der Waals surface area contributed by atoms with E-state index in [9.17, 15) is 4.79 Å². The number of carbonyl (C=O) groups is 1. The van der Waals surface area contributed by atoms with E-state index >= 15 is 0 Å². The summed E-state index contributed by atoms with van der Waals surface area (Å²) in [6, 6.07) is 7.80. The van der Waals surface area contributed by atoms with Crippen LogP contribution in [0.15, 0.2) is 30.5 Å². The molecule has 0 aliphatic carbocycles. The van der Waals surface area contributed by atoms with E-state index in [2.05, 4.69) is 5.10 Å². The van der Waals surface area contributed by atoms with Crippen LogP contribution in [0.2, 0.25) is 0 Å². The Morgan fingerprint density at radius 3 is 2.94 bits per heavy atom. The first-order valence-electron chi connectivity index (χ1n) is 5.43. The van der Waals surface area contributed by atoms with Crippen molar-refractivity contribution >= 4 is 16.9 Å². The summed E-state index contributed by atoms with van der Waals surface area (Å²) in [7, 11) is 0. The first kappa shape index (κ1) is 11.6. The van der Waals surface area contributed by atoms with E-state index < -0.39 is 11.5 Å². The van der Waals surface area contributed by atoms with Gasteiger partial charge in [-0.25, -0.2) is 0 Å². The van der Waals surface area contributed by atoms with Gasteiger partial charge in [-0.15, -0.1) is 0 Å². The van der Waals surface area contributed by atoms with Crippen molar-refractivity contribution in [2.75, 3.05) is 0 Å². The van der Waals surface area contributed by atoms with Crippen molar-refractivity contribution in [3.8, 4) is 0 Å². The van der Waals surface area contributed by atoms with Crippen LogP contribution < -0.4 is 5.73 Å². The summed E-state index contributed by atoms with van der Waals surface area (Å²) in [4.78, 5) is 10.9. The zero-order chi connectivity index (χ0) is 12.5. The second-order valence-electron chi connectivity index (χ2n) is 4.40. The van der Waals surface area contributed by atoms with Crippen LogP contribution in [0.25, 0.3) is 10.9 Å². The van der Waals surface area contributed by atoms with Gasteiger partial charge >= 0.3 is 5.97 Å². The van der Waals surface area contributed by atoms with Gasteiger partial charge in [-0.3, -0.25) is 9.48 Å². The highest BCUT2D eigenvalue weighted by molar-refractivity contribution is 5.79. The summed E-state index contributed by atoms with van der Waals surface area (Å²) in [5, 5.41) is 14.2. The number of carboxylic acid groups (broad SMARTS) is 1. The van der Waals surface area contributed by atoms with Crippen molar-refractivity contribution < 1.29 is 9.90 Å². The third-order valence-electron chi connectivity index (χ3n) is 2.88. The number of benzene rings is 1. The Morgan fingerprint density at radius 2 is 2.24 bits per heavy atom. The van der Waals surface area contributed by atoms with Crippen LogP contribution in [0.1, 0.15) is 13.3 Å². The first-order valence-corrected chi connectivity index (χ1v) is 5.43. The smallest absolute Gasteiger partial charge is 0.323 e. The molecule has 1 atom stereocenters. The molecule has 1 unspecified atom stereocenters. The maximum atomic E-state index is 10.9. The zero-order valence-electron chi connectivity index (χ0n) is 9.63. The molecule has 17 heavy (non-hydrogen) atoms. The molecule has 0 bridgehead atoms. The van der Waals surface area contributed by atoms with Crippen molar-refractivity contribution in [3.05, 3.63) is 30.5 Å². The van der Waals surface area contributed by atoms with Gasteiger partial charge in [-0.1, -0.05) is 18.2 Å². The Bertz CT molecular complexity index is 545. The molecule has 5 nitrogen and oxygen atoms in total. The number of para-hydroxylation sites is 1. The molecular formula is C12H15N3O2. The number of aliphatic carboxylic acids is 1. The van der Waals surface area contributed by atoms with Gasteiger partial charge in [0, 0.05) is 11.9 Å². The van der Waals surface area contributed by atoms with E-state index in [4.69, 9.17) is 10.8 Å². The molecule has 2 aromatic rings. The van der Waals surface area contributed by atoms with Gasteiger partial charge in [0.1, 0.15) is 5.54 Å². The number of fused-ring (bicyclic) bond motifs is 1. The van der Waals surface area contributed by atoms with Crippen LogP contribution in [0.3, 0.4) is 0 Å². The molecule has 0 saturated carbocycles. The molecule has 0 fully saturated rings. The molecular weight excluding hydrogens is 218 g/mol. The molecule has 1 heterocycles. The predicted molar refractivity (Wildman–Crippen MR) is 64.6 cm³/mol. The average molecular weight is 233 g/mol. The van der Waals surface area contributed by atoms with Crippen LogP contribution in [-0.4, -0.2) is 26.4 Å². The molecule has 0 aliphatic heterocycles. The number of hydrogen-bond donors (Lipinski definition) is 2. The lowest BCUT2D eigenvalue weighted by molar-refractivity contribution is -0.143. The molecule has 0 spiro atoms. The highest BCUT2D eigenvalue weighted by Crippen LogP contribution is 2.15. The number of nitrogens with two attached hydrogens (primary N) is 1. The minimum atomic E-state index is -1.22. The predicted octanol–water partition coefficient (Wildman–Crippen LogP) is 1.23. The summed E-state index contributed by atoms with van der Waals surface area (Å²) in [6.07, 6.45) is 2.11. The Balaban J connectivity index is 2.17. The number of aromatic nitrogens is 2. The van der Waals surface area contributed by atoms with Gasteiger partial charge < -0.3 is 10.8 Å². The number of rotatable bonds is 4. The minimum Gasteiger partial charge on any atom is -0.480 e. The van der Waals surface area contributed by atoms with Gasteiger partial charge in [0.15, 0.2) is 0 Å². The standard InChI is InChI=1S/C12H15N3O2/c1-12(13,11(16)17)6-7-15-10-5-3-2-4-9(10)8-14-15/h2-5,8H,6-7,13H2,1H3,(H,16,17). The third-order valence-corrected chi connectivity index (χ3v) is 2.88. The fourth-order valence-corrected chi connectivity index (χ4v) is 1.65. The second-order valence-corrected chi connectivity index (χ2v) is 4.40. The van der Waals surface area contributed by atoms with Crippen LogP contribution >= 0.6 is 0 Å². The van der Waals surface area contributed by atoms with Gasteiger partial charge in [0.2, 0.25) is 0 Å². The van der Waals surface area contributed by atoms with Crippen molar-refractivity contribution in [3.63, 3.8) is 0 Å². The zero-order valence-corrected chi connectivity index (χ0v) is 9.63. The van der Waals surface area contributed by atoms with E-state index in [0.717, 1.165) is 10.9 Å². The first-order chi connectivity index (χ1) is 8.00. The SMILES string of the molecule is CC(N)(CCn1ncc2ccccc21)C(=O)O. The molecule has 0 saturated heterocycles. The lowest BCUT2D eigenvalue weighted by atomic mass is 10.00. The Hall–Kier alpha value is -1.88. The van der Waals surface area contributed by atoms with Crippen molar-refractivity contribution in [2.45, 2.75) is 25.4 Å². The molecule has 0 aliphatic rings. The maximum Gasteiger partial charge on any atom is 0.323 e. The quantitative estimate of drug-likeness (QED) is 0.832. The van der Waals surface area contributed by atoms with Gasteiger partial charge in [0.05, 0.1) is 11.7 Å². The molecule has 5 heteroatoms. The highest BCUT2D eigenvalue weighted by atomic mass is 16.4. The Kier molecular flexibility index (Phi) is 2.85. The van der Waals surface area contributed by atoms with Crippen LogP contribution in [0.5, 0.6) is 0 Å². The van der Waals surface area contributed by atoms with E-state index in [-0.39, 0.29) is 0 Å². The van der Waals surface area contributed by atoms with Crippen LogP contribution in [0, 0.1) is 0 Å². The normalized spacial score (nSPS) is 14.7. The molecule has 1 aromatic heterocycles. The molecule has 1 aromatic carbocycles. The molecule has 3 N–H and O–H groups in total. The number of carboxylic acids is 1. The van der Waals surface area contributed by atoms with E-state index in [0.29, 0.717) is 13.0 Å². The lowest BCUT2D eigenvalue weighted by Crippen LogP contribution is -2.45. The Morgan fingerprint density at radius 1 is 1.53 bits per heavy atom. The molecule has 0 amide bonds. The fraction of sp³-hybridized carbons (Fsp3) is 0.333. The van der Waals surface area contributed by atoms with Crippen molar-refractivity contribution in [2.24, 2.45) is 5.73 Å². The third kappa shape index (κ3) is 2.29. The highest BCUT2D eigenvalue weighted by Gasteiger charge is 2.27.